The summed E-state index contributed by atoms with van der Waals surface area (Å²) in [5.74, 6) is 1.52. The Balaban J connectivity index is 1.49. The van der Waals surface area contributed by atoms with Crippen molar-refractivity contribution in [3.8, 4) is 11.5 Å². The molecular weight excluding hydrogens is 280 g/mol. The van der Waals surface area contributed by atoms with Crippen molar-refractivity contribution in [1.82, 2.24) is 15.1 Å². The van der Waals surface area contributed by atoms with Crippen LogP contribution in [0.1, 0.15) is 19.3 Å². The van der Waals surface area contributed by atoms with E-state index >= 15 is 0 Å². The van der Waals surface area contributed by atoms with Crippen LogP contribution in [0, 0.1) is 0 Å². The second kappa shape index (κ2) is 5.96. The van der Waals surface area contributed by atoms with Crippen LogP contribution >= 0.6 is 0 Å². The van der Waals surface area contributed by atoms with E-state index in [4.69, 9.17) is 9.47 Å². The van der Waals surface area contributed by atoms with Crippen LogP contribution in [0.15, 0.2) is 18.3 Å². The number of fused-ring (bicyclic) bond motifs is 2. The summed E-state index contributed by atoms with van der Waals surface area (Å²) in [7, 11) is 0. The normalized spacial score (nSPS) is 17.8. The molecule has 0 atom stereocenters. The van der Waals surface area contributed by atoms with Gasteiger partial charge in [-0.1, -0.05) is 6.42 Å². The maximum atomic E-state index is 5.45. The zero-order valence-electron chi connectivity index (χ0n) is 12.5. The van der Waals surface area contributed by atoms with Gasteiger partial charge in [-0.15, -0.1) is 0 Å². The third kappa shape index (κ3) is 2.66. The fourth-order valence-electron chi connectivity index (χ4n) is 3.12. The van der Waals surface area contributed by atoms with Crippen LogP contribution in [0.4, 0.5) is 5.69 Å². The van der Waals surface area contributed by atoms with Crippen LogP contribution in [0.25, 0.3) is 10.9 Å². The van der Waals surface area contributed by atoms with E-state index in [1.807, 2.05) is 12.1 Å². The zero-order chi connectivity index (χ0) is 14.8. The summed E-state index contributed by atoms with van der Waals surface area (Å²) in [6.07, 6.45) is 5.79. The van der Waals surface area contributed by atoms with Crippen LogP contribution in [0.5, 0.6) is 11.5 Å². The van der Waals surface area contributed by atoms with E-state index in [-0.39, 0.29) is 6.79 Å². The first-order valence-corrected chi connectivity index (χ1v) is 7.91. The SMILES string of the molecule is c1nnc2cc3c(cc2c1NCCN1CCCCC1)OCO3. The molecule has 1 fully saturated rings. The zero-order valence-corrected chi connectivity index (χ0v) is 12.5. The first kappa shape index (κ1) is 13.6. The van der Waals surface area contributed by atoms with Gasteiger partial charge < -0.3 is 19.7 Å². The topological polar surface area (TPSA) is 59.5 Å². The van der Waals surface area contributed by atoms with Crippen LogP contribution < -0.4 is 14.8 Å². The minimum absolute atomic E-state index is 0.275. The Morgan fingerprint density at radius 1 is 1.09 bits per heavy atom. The average Bonchev–Trinajstić information content (AvgIpc) is 3.01. The average molecular weight is 300 g/mol. The monoisotopic (exact) mass is 300 g/mol. The molecular formula is C16H20N4O2. The highest BCUT2D eigenvalue weighted by Crippen LogP contribution is 2.37. The number of likely N-dealkylation sites (tertiary alicyclic amines) is 1. The summed E-state index contributed by atoms with van der Waals surface area (Å²) in [6.45, 7) is 4.69. The highest BCUT2D eigenvalue weighted by Gasteiger charge is 2.16. The molecule has 1 saturated heterocycles. The first-order chi connectivity index (χ1) is 10.9. The third-order valence-corrected chi connectivity index (χ3v) is 4.33. The summed E-state index contributed by atoms with van der Waals surface area (Å²) in [6, 6.07) is 3.87. The fraction of sp³-hybridized carbons (Fsp3) is 0.500. The number of aromatic nitrogens is 2. The molecule has 2 aliphatic heterocycles. The largest absolute Gasteiger partial charge is 0.454 e. The lowest BCUT2D eigenvalue weighted by molar-refractivity contribution is 0.174. The van der Waals surface area contributed by atoms with E-state index in [1.54, 1.807) is 6.20 Å². The van der Waals surface area contributed by atoms with Gasteiger partial charge in [0, 0.05) is 24.5 Å². The van der Waals surface area contributed by atoms with Gasteiger partial charge in [0.15, 0.2) is 11.5 Å². The van der Waals surface area contributed by atoms with Gasteiger partial charge in [0.25, 0.3) is 0 Å². The lowest BCUT2D eigenvalue weighted by atomic mass is 10.1. The Bertz CT molecular complexity index is 670. The molecule has 2 aliphatic rings. The van der Waals surface area contributed by atoms with Crippen molar-refractivity contribution in [3.05, 3.63) is 18.3 Å². The molecule has 0 spiro atoms. The second-order valence-electron chi connectivity index (χ2n) is 5.81. The van der Waals surface area contributed by atoms with Crippen molar-refractivity contribution in [2.75, 3.05) is 38.3 Å². The van der Waals surface area contributed by atoms with Crippen LogP contribution in [-0.4, -0.2) is 48.1 Å². The molecule has 0 bridgehead atoms. The number of hydrogen-bond donors (Lipinski definition) is 1. The number of rotatable bonds is 4. The Labute approximate surface area is 129 Å². The molecule has 0 amide bonds. The van der Waals surface area contributed by atoms with Crippen molar-refractivity contribution in [2.24, 2.45) is 0 Å². The standard InChI is InChI=1S/C16H20N4O2/c1-2-5-20(6-3-1)7-4-17-14-10-18-19-13-9-16-15(8-12(13)14)21-11-22-16/h8-10H,1-7,11H2,(H,17,19). The number of benzene rings is 1. The highest BCUT2D eigenvalue weighted by molar-refractivity contribution is 5.92. The molecule has 0 saturated carbocycles. The Hall–Kier alpha value is -2.08. The summed E-state index contributed by atoms with van der Waals surface area (Å²) in [5.41, 5.74) is 1.83. The Morgan fingerprint density at radius 3 is 2.77 bits per heavy atom. The smallest absolute Gasteiger partial charge is 0.231 e. The van der Waals surface area contributed by atoms with Crippen molar-refractivity contribution >= 4 is 16.6 Å². The van der Waals surface area contributed by atoms with E-state index in [1.165, 1.54) is 32.4 Å². The van der Waals surface area contributed by atoms with Gasteiger partial charge in [-0.25, -0.2) is 0 Å². The predicted octanol–water partition coefficient (Wildman–Crippen LogP) is 2.26. The second-order valence-corrected chi connectivity index (χ2v) is 5.81. The molecule has 2 aromatic rings. The van der Waals surface area contributed by atoms with Gasteiger partial charge in [-0.2, -0.15) is 10.2 Å². The minimum atomic E-state index is 0.275. The van der Waals surface area contributed by atoms with Gasteiger partial charge in [-0.05, 0) is 32.0 Å². The third-order valence-electron chi connectivity index (χ3n) is 4.33. The van der Waals surface area contributed by atoms with Gasteiger partial charge in [0.05, 0.1) is 17.4 Å². The molecule has 22 heavy (non-hydrogen) atoms. The maximum Gasteiger partial charge on any atom is 0.231 e. The van der Waals surface area contributed by atoms with Gasteiger partial charge in [0.1, 0.15) is 0 Å². The van der Waals surface area contributed by atoms with Crippen molar-refractivity contribution in [2.45, 2.75) is 19.3 Å². The number of piperidine rings is 1. The van der Waals surface area contributed by atoms with E-state index in [9.17, 15) is 0 Å². The molecule has 1 aromatic carbocycles. The van der Waals surface area contributed by atoms with E-state index in [0.29, 0.717) is 0 Å². The quantitative estimate of drug-likeness (QED) is 0.934. The number of ether oxygens (including phenoxy) is 2. The molecule has 0 radical (unpaired) electrons. The van der Waals surface area contributed by atoms with Crippen molar-refractivity contribution in [1.29, 1.82) is 0 Å². The number of anilines is 1. The van der Waals surface area contributed by atoms with Crippen molar-refractivity contribution in [3.63, 3.8) is 0 Å². The summed E-state index contributed by atoms with van der Waals surface area (Å²) < 4.78 is 10.8. The van der Waals surface area contributed by atoms with Gasteiger partial charge in [0.2, 0.25) is 6.79 Å². The molecule has 1 aromatic heterocycles. The number of nitrogens with zero attached hydrogens (tertiary/aromatic N) is 3. The molecule has 116 valence electrons. The molecule has 6 nitrogen and oxygen atoms in total. The summed E-state index contributed by atoms with van der Waals surface area (Å²) in [4.78, 5) is 2.52. The summed E-state index contributed by atoms with van der Waals surface area (Å²) >= 11 is 0. The van der Waals surface area contributed by atoms with Crippen LogP contribution in [0.2, 0.25) is 0 Å². The predicted molar refractivity (Wildman–Crippen MR) is 84.4 cm³/mol. The molecule has 6 heteroatoms. The molecule has 0 aliphatic carbocycles. The molecule has 0 unspecified atom stereocenters. The van der Waals surface area contributed by atoms with E-state index in [2.05, 4.69) is 20.4 Å². The van der Waals surface area contributed by atoms with Crippen molar-refractivity contribution < 1.29 is 9.47 Å². The van der Waals surface area contributed by atoms with E-state index in [0.717, 1.165) is 41.2 Å². The fourth-order valence-corrected chi connectivity index (χ4v) is 3.12. The highest BCUT2D eigenvalue weighted by atomic mass is 16.7. The maximum absolute atomic E-state index is 5.45. The molecule has 1 N–H and O–H groups in total. The molecule has 4 rings (SSSR count). The van der Waals surface area contributed by atoms with Gasteiger partial charge in [-0.3, -0.25) is 0 Å². The first-order valence-electron chi connectivity index (χ1n) is 7.91. The summed E-state index contributed by atoms with van der Waals surface area (Å²) in [5, 5.41) is 12.8. The van der Waals surface area contributed by atoms with Gasteiger partial charge >= 0.3 is 0 Å². The van der Waals surface area contributed by atoms with Crippen LogP contribution in [-0.2, 0) is 0 Å². The number of nitrogens with one attached hydrogen (secondary N) is 1. The van der Waals surface area contributed by atoms with Crippen LogP contribution in [0.3, 0.4) is 0 Å². The van der Waals surface area contributed by atoms with E-state index < -0.39 is 0 Å². The Morgan fingerprint density at radius 2 is 1.91 bits per heavy atom. The lowest BCUT2D eigenvalue weighted by Gasteiger charge is -2.26. The number of hydrogen-bond acceptors (Lipinski definition) is 6. The lowest BCUT2D eigenvalue weighted by Crippen LogP contribution is -2.33. The Kier molecular flexibility index (Phi) is 3.68. The minimum Gasteiger partial charge on any atom is -0.454 e. The molecule has 3 heterocycles.